The van der Waals surface area contributed by atoms with Gasteiger partial charge in [0.15, 0.2) is 0 Å². The van der Waals surface area contributed by atoms with E-state index < -0.39 is 12.1 Å². The Bertz CT molecular complexity index is 1130. The highest BCUT2D eigenvalue weighted by atomic mass is 79.9. The molecule has 11 nitrogen and oxygen atoms in total. The van der Waals surface area contributed by atoms with E-state index in [1.807, 2.05) is 12.1 Å². The molecule has 0 aliphatic carbocycles. The van der Waals surface area contributed by atoms with Gasteiger partial charge in [0.2, 0.25) is 5.91 Å². The third kappa shape index (κ3) is 7.07. The van der Waals surface area contributed by atoms with E-state index >= 15 is 0 Å². The van der Waals surface area contributed by atoms with Crippen LogP contribution in [0.5, 0.6) is 5.75 Å². The molecule has 1 atom stereocenters. The average molecular weight is 653 g/mol. The number of hydrogen-bond donors (Lipinski definition) is 4. The number of halogens is 2. The molecule has 13 heteroatoms. The van der Waals surface area contributed by atoms with Crippen molar-refractivity contribution < 1.29 is 19.5 Å². The van der Waals surface area contributed by atoms with Crippen LogP contribution in [0.4, 0.5) is 15.3 Å². The minimum atomic E-state index is -0.792. The number of anilines is 1. The number of primary amides is 1. The lowest BCUT2D eigenvalue weighted by molar-refractivity contribution is -0.133. The van der Waals surface area contributed by atoms with Crippen LogP contribution in [-0.4, -0.2) is 89.2 Å². The number of rotatable bonds is 6. The molecule has 2 fully saturated rings. The zero-order valence-electron chi connectivity index (χ0n) is 20.8. The van der Waals surface area contributed by atoms with E-state index in [4.69, 9.17) is 5.73 Å². The lowest BCUT2D eigenvalue weighted by atomic mass is 10.0. The Balaban J connectivity index is 1.44. The van der Waals surface area contributed by atoms with Gasteiger partial charge in [0, 0.05) is 69.8 Å². The van der Waals surface area contributed by atoms with E-state index in [-0.39, 0.29) is 30.2 Å². The maximum Gasteiger partial charge on any atom is 0.318 e. The Morgan fingerprint density at radius 2 is 1.61 bits per heavy atom. The average Bonchev–Trinajstić information content (AvgIpc) is 2.91. The van der Waals surface area contributed by atoms with Gasteiger partial charge in [-0.1, -0.05) is 0 Å². The smallest absolute Gasteiger partial charge is 0.318 e. The van der Waals surface area contributed by atoms with Crippen LogP contribution in [-0.2, 0) is 11.2 Å². The summed E-state index contributed by atoms with van der Waals surface area (Å²) < 4.78 is 0.990. The second-order valence-electron chi connectivity index (χ2n) is 9.40. The van der Waals surface area contributed by atoms with Crippen molar-refractivity contribution >= 4 is 55.5 Å². The lowest BCUT2D eigenvalue weighted by Gasteiger charge is -2.38. The number of hydrogen-bond acceptors (Lipinski definition) is 6. The number of carbonyl (C=O) groups excluding carboxylic acids is 3. The van der Waals surface area contributed by atoms with Crippen molar-refractivity contribution in [1.29, 1.82) is 0 Å². The van der Waals surface area contributed by atoms with Gasteiger partial charge in [-0.3, -0.25) is 9.78 Å². The molecule has 2 aliphatic heterocycles. The molecule has 0 unspecified atom stereocenters. The number of nitrogens with zero attached hydrogens (tertiary/aromatic N) is 4. The molecular formula is C25H31Br2N7O4. The van der Waals surface area contributed by atoms with Crippen molar-refractivity contribution in [3.05, 3.63) is 51.2 Å². The van der Waals surface area contributed by atoms with Crippen LogP contribution < -0.4 is 21.3 Å². The molecule has 0 radical (unpaired) electrons. The predicted molar refractivity (Wildman–Crippen MR) is 150 cm³/mol. The van der Waals surface area contributed by atoms with Gasteiger partial charge < -0.3 is 36.2 Å². The van der Waals surface area contributed by atoms with Crippen LogP contribution in [0.1, 0.15) is 18.4 Å². The fourth-order valence-corrected chi connectivity index (χ4v) is 6.08. The van der Waals surface area contributed by atoms with E-state index in [1.165, 1.54) is 0 Å². The number of aromatic hydroxyl groups is 1. The molecule has 2 aromatic rings. The quantitative estimate of drug-likeness (QED) is 0.377. The van der Waals surface area contributed by atoms with Crippen molar-refractivity contribution in [3.63, 3.8) is 0 Å². The summed E-state index contributed by atoms with van der Waals surface area (Å²) in [5.74, 6) is -0.0846. The zero-order chi connectivity index (χ0) is 27.2. The lowest BCUT2D eigenvalue weighted by Crippen LogP contribution is -2.58. The van der Waals surface area contributed by atoms with Gasteiger partial charge in [0.25, 0.3) is 0 Å². The highest BCUT2D eigenvalue weighted by Gasteiger charge is 2.32. The summed E-state index contributed by atoms with van der Waals surface area (Å²) in [5.41, 5.74) is 7.06. The fraction of sp³-hybridized carbons (Fsp3) is 0.440. The van der Waals surface area contributed by atoms with Crippen molar-refractivity contribution in [3.8, 4) is 5.75 Å². The Morgan fingerprint density at radius 3 is 2.18 bits per heavy atom. The molecular weight excluding hydrogens is 622 g/mol. The SMILES string of the molecule is NC(=O)NC1CCN(C(=O)N[C@H](Cc2cc(Br)c(O)c(Br)c2)C(=O)N2CCN(c3ccncc3)CC2)CC1. The number of nitrogens with two attached hydrogens (primary N) is 1. The largest absolute Gasteiger partial charge is 0.506 e. The number of benzene rings is 1. The molecule has 5 N–H and O–H groups in total. The maximum absolute atomic E-state index is 13.7. The van der Waals surface area contributed by atoms with Crippen LogP contribution in [0.3, 0.4) is 0 Å². The van der Waals surface area contributed by atoms with Gasteiger partial charge in [-0.25, -0.2) is 9.59 Å². The summed E-state index contributed by atoms with van der Waals surface area (Å²) in [7, 11) is 0. The van der Waals surface area contributed by atoms with Crippen molar-refractivity contribution in [2.75, 3.05) is 44.2 Å². The molecule has 1 aromatic carbocycles. The Hall–Kier alpha value is -3.06. The predicted octanol–water partition coefficient (Wildman–Crippen LogP) is 2.41. The molecule has 3 heterocycles. The molecule has 5 amide bonds. The molecule has 0 bridgehead atoms. The first-order chi connectivity index (χ1) is 18.2. The van der Waals surface area contributed by atoms with E-state index in [1.54, 1.807) is 34.3 Å². The Labute approximate surface area is 238 Å². The van der Waals surface area contributed by atoms with Crippen LogP contribution in [0.15, 0.2) is 45.6 Å². The van der Waals surface area contributed by atoms with Crippen LogP contribution in [0.2, 0.25) is 0 Å². The van der Waals surface area contributed by atoms with Crippen molar-refractivity contribution in [1.82, 2.24) is 25.4 Å². The van der Waals surface area contributed by atoms with Crippen molar-refractivity contribution in [2.24, 2.45) is 5.73 Å². The van der Waals surface area contributed by atoms with Crippen LogP contribution >= 0.6 is 31.9 Å². The number of piperazine rings is 1. The number of aromatic nitrogens is 1. The Morgan fingerprint density at radius 1 is 1.00 bits per heavy atom. The molecule has 2 aliphatic rings. The maximum atomic E-state index is 13.7. The molecule has 2 saturated heterocycles. The van der Waals surface area contributed by atoms with Gasteiger partial charge in [0.1, 0.15) is 11.8 Å². The molecule has 0 saturated carbocycles. The first-order valence-corrected chi connectivity index (χ1v) is 14.0. The highest BCUT2D eigenvalue weighted by molar-refractivity contribution is 9.11. The first-order valence-electron chi connectivity index (χ1n) is 12.4. The first kappa shape index (κ1) is 28.0. The van der Waals surface area contributed by atoms with Gasteiger partial charge >= 0.3 is 12.1 Å². The number of likely N-dealkylation sites (tertiary alicyclic amines) is 1. The van der Waals surface area contributed by atoms with Gasteiger partial charge in [-0.2, -0.15) is 0 Å². The number of piperidine rings is 1. The topological polar surface area (TPSA) is 144 Å². The number of urea groups is 2. The summed E-state index contributed by atoms with van der Waals surface area (Å²) in [4.78, 5) is 47.8. The van der Waals surface area contributed by atoms with E-state index in [0.717, 1.165) is 11.3 Å². The molecule has 38 heavy (non-hydrogen) atoms. The van der Waals surface area contributed by atoms with E-state index in [0.29, 0.717) is 61.1 Å². The second-order valence-corrected chi connectivity index (χ2v) is 11.1. The van der Waals surface area contributed by atoms with Gasteiger partial charge in [-0.05, 0) is 74.5 Å². The van der Waals surface area contributed by atoms with E-state index in [2.05, 4.69) is 52.4 Å². The summed E-state index contributed by atoms with van der Waals surface area (Å²) in [6, 6.07) is 5.62. The monoisotopic (exact) mass is 651 g/mol. The third-order valence-electron chi connectivity index (χ3n) is 6.86. The highest BCUT2D eigenvalue weighted by Crippen LogP contribution is 2.33. The number of nitrogens with one attached hydrogen (secondary N) is 2. The van der Waals surface area contributed by atoms with Crippen LogP contribution in [0, 0.1) is 0 Å². The van der Waals surface area contributed by atoms with Gasteiger partial charge in [-0.15, -0.1) is 0 Å². The van der Waals surface area contributed by atoms with E-state index in [9.17, 15) is 19.5 Å². The number of carbonyl (C=O) groups is 3. The zero-order valence-corrected chi connectivity index (χ0v) is 23.9. The summed E-state index contributed by atoms with van der Waals surface area (Å²) >= 11 is 6.69. The van der Waals surface area contributed by atoms with Crippen LogP contribution in [0.25, 0.3) is 0 Å². The standard InChI is InChI=1S/C25H31Br2N7O4/c26-19-13-16(14-20(27)22(19)35)15-21(31-25(38)34-7-3-17(4-8-34)30-24(28)37)23(36)33-11-9-32(10-12-33)18-1-5-29-6-2-18/h1-2,5-6,13-14,17,21,35H,3-4,7-12,15H2,(H,31,38)(H3,28,30,37)/t21-/m1/s1. The van der Waals surface area contributed by atoms with Gasteiger partial charge in [0.05, 0.1) is 8.95 Å². The number of phenolic OH excluding ortho intramolecular Hbond substituents is 1. The Kier molecular flexibility index (Phi) is 9.31. The fourth-order valence-electron chi connectivity index (χ4n) is 4.80. The minimum Gasteiger partial charge on any atom is -0.506 e. The second kappa shape index (κ2) is 12.7. The third-order valence-corrected chi connectivity index (χ3v) is 8.07. The minimum absolute atomic E-state index is 0.0698. The number of phenols is 1. The van der Waals surface area contributed by atoms with Crippen molar-refractivity contribution in [2.45, 2.75) is 31.3 Å². The number of amides is 5. The summed E-state index contributed by atoms with van der Waals surface area (Å²) in [6.07, 6.45) is 4.93. The summed E-state index contributed by atoms with van der Waals surface area (Å²) in [5, 5.41) is 15.7. The molecule has 4 rings (SSSR count). The normalized spacial score (nSPS) is 17.2. The molecule has 204 valence electrons. The molecule has 0 spiro atoms. The molecule has 1 aromatic heterocycles. The summed E-state index contributed by atoms with van der Waals surface area (Å²) in [6.45, 7) is 3.29. The number of pyridine rings is 1.